The third-order valence-electron chi connectivity index (χ3n) is 5.59. The molecule has 0 aliphatic carbocycles. The number of benzene rings is 3. The lowest BCUT2D eigenvalue weighted by Crippen LogP contribution is -2.31. The van der Waals surface area contributed by atoms with E-state index in [-0.39, 0.29) is 16.9 Å². The van der Waals surface area contributed by atoms with Crippen molar-refractivity contribution in [3.8, 4) is 0 Å². The number of nitro benzene ring substituents is 1. The fourth-order valence-corrected chi connectivity index (χ4v) is 5.21. The quantitative estimate of drug-likeness (QED) is 0.382. The second-order valence-electron chi connectivity index (χ2n) is 7.92. The second-order valence-corrected chi connectivity index (χ2v) is 9.64. The second kappa shape index (κ2) is 8.98. The number of hydrogen-bond donors (Lipinski definition) is 1. The number of alkyl halides is 3. The Hall–Kier alpha value is -3.60. The van der Waals surface area contributed by atoms with Gasteiger partial charge in [-0.3, -0.25) is 14.8 Å². The van der Waals surface area contributed by atoms with Crippen molar-refractivity contribution in [2.45, 2.75) is 24.9 Å². The normalized spacial score (nSPS) is 13.9. The van der Waals surface area contributed by atoms with Gasteiger partial charge in [0, 0.05) is 24.7 Å². The van der Waals surface area contributed by atoms with Crippen molar-refractivity contribution in [1.82, 2.24) is 0 Å². The number of halogens is 3. The van der Waals surface area contributed by atoms with E-state index in [1.165, 1.54) is 30.3 Å². The van der Waals surface area contributed by atoms with Gasteiger partial charge in [-0.1, -0.05) is 42.5 Å². The van der Waals surface area contributed by atoms with Crippen LogP contribution in [-0.4, -0.2) is 19.9 Å². The van der Waals surface area contributed by atoms with E-state index < -0.39 is 32.4 Å². The average molecular weight is 491 g/mol. The molecular formula is C23H20F3N3O4S. The van der Waals surface area contributed by atoms with Crippen LogP contribution in [0.4, 0.5) is 30.2 Å². The number of hydrogen-bond acceptors (Lipinski definition) is 5. The van der Waals surface area contributed by atoms with Gasteiger partial charge in [-0.05, 0) is 35.7 Å². The first kappa shape index (κ1) is 23.6. The molecule has 1 heterocycles. The maximum absolute atomic E-state index is 13.4. The Bertz CT molecular complexity index is 1340. The molecule has 1 aliphatic rings. The molecule has 11 heteroatoms. The smallest absolute Gasteiger partial charge is 0.365 e. The van der Waals surface area contributed by atoms with Crippen molar-refractivity contribution >= 4 is 27.1 Å². The highest BCUT2D eigenvalue weighted by atomic mass is 32.2. The third-order valence-corrected chi connectivity index (χ3v) is 6.82. The van der Waals surface area contributed by atoms with Gasteiger partial charge in [-0.2, -0.15) is 13.2 Å². The summed E-state index contributed by atoms with van der Waals surface area (Å²) in [7, 11) is -4.28. The molecule has 1 N–H and O–H groups in total. The first-order valence-corrected chi connectivity index (χ1v) is 11.9. The van der Waals surface area contributed by atoms with Gasteiger partial charge in [0.25, 0.3) is 5.69 Å². The van der Waals surface area contributed by atoms with Crippen LogP contribution in [0.5, 0.6) is 0 Å². The molecule has 0 radical (unpaired) electrons. The minimum absolute atomic E-state index is 0.0691. The molecule has 0 fully saturated rings. The number of sulfonamides is 1. The lowest BCUT2D eigenvalue weighted by atomic mass is 9.99. The fourth-order valence-electron chi connectivity index (χ4n) is 3.99. The SMILES string of the molecule is O=[N+]([O-])c1ccccc1CS(=O)(=O)Nc1cc(C(F)(F)F)ccc1N1CCc2ccccc2C1. The summed E-state index contributed by atoms with van der Waals surface area (Å²) in [6, 6.07) is 15.9. The van der Waals surface area contributed by atoms with Gasteiger partial charge in [0.15, 0.2) is 0 Å². The predicted octanol–water partition coefficient (Wildman–Crippen LogP) is 5.12. The summed E-state index contributed by atoms with van der Waals surface area (Å²) in [5.41, 5.74) is 0.746. The molecular weight excluding hydrogens is 471 g/mol. The van der Waals surface area contributed by atoms with Crippen LogP contribution < -0.4 is 9.62 Å². The molecule has 0 unspecified atom stereocenters. The molecule has 0 spiro atoms. The summed E-state index contributed by atoms with van der Waals surface area (Å²) in [5, 5.41) is 11.2. The van der Waals surface area contributed by atoms with Crippen LogP contribution in [0.25, 0.3) is 0 Å². The Balaban J connectivity index is 1.69. The summed E-state index contributed by atoms with van der Waals surface area (Å²) < 4.78 is 68.2. The molecule has 0 atom stereocenters. The topological polar surface area (TPSA) is 92.5 Å². The summed E-state index contributed by atoms with van der Waals surface area (Å²) in [5.74, 6) is -0.761. The Morgan fingerprint density at radius 2 is 1.68 bits per heavy atom. The largest absolute Gasteiger partial charge is 0.416 e. The Labute approximate surface area is 194 Å². The molecule has 0 aromatic heterocycles. The van der Waals surface area contributed by atoms with Crippen LogP contribution in [0.3, 0.4) is 0 Å². The van der Waals surface area contributed by atoms with E-state index in [0.717, 1.165) is 23.3 Å². The molecule has 0 bridgehead atoms. The van der Waals surface area contributed by atoms with Gasteiger partial charge >= 0.3 is 6.18 Å². The van der Waals surface area contributed by atoms with Crippen LogP contribution in [0, 0.1) is 10.1 Å². The Kier molecular flexibility index (Phi) is 6.22. The first-order chi connectivity index (χ1) is 16.0. The van der Waals surface area contributed by atoms with Crippen LogP contribution in [0.15, 0.2) is 66.7 Å². The van der Waals surface area contributed by atoms with E-state index in [0.29, 0.717) is 25.2 Å². The predicted molar refractivity (Wildman–Crippen MR) is 122 cm³/mol. The lowest BCUT2D eigenvalue weighted by Gasteiger charge is -2.32. The fraction of sp³-hybridized carbons (Fsp3) is 0.217. The zero-order chi connectivity index (χ0) is 24.5. The third kappa shape index (κ3) is 5.14. The highest BCUT2D eigenvalue weighted by Gasteiger charge is 2.32. The summed E-state index contributed by atoms with van der Waals surface area (Å²) >= 11 is 0. The van der Waals surface area contributed by atoms with Crippen molar-refractivity contribution in [2.75, 3.05) is 16.2 Å². The zero-order valence-electron chi connectivity index (χ0n) is 17.7. The molecule has 3 aromatic carbocycles. The monoisotopic (exact) mass is 491 g/mol. The molecule has 0 amide bonds. The van der Waals surface area contributed by atoms with Gasteiger partial charge in [0.2, 0.25) is 10.0 Å². The minimum atomic E-state index is -4.68. The lowest BCUT2D eigenvalue weighted by molar-refractivity contribution is -0.385. The molecule has 34 heavy (non-hydrogen) atoms. The van der Waals surface area contributed by atoms with Gasteiger partial charge in [0.05, 0.1) is 21.9 Å². The number of nitro groups is 1. The Morgan fingerprint density at radius 1 is 1.00 bits per heavy atom. The number of fused-ring (bicyclic) bond motifs is 1. The van der Waals surface area contributed by atoms with Gasteiger partial charge in [-0.15, -0.1) is 0 Å². The first-order valence-electron chi connectivity index (χ1n) is 10.3. The van der Waals surface area contributed by atoms with E-state index in [1.54, 1.807) is 0 Å². The van der Waals surface area contributed by atoms with Crippen molar-refractivity contribution in [1.29, 1.82) is 0 Å². The molecule has 178 valence electrons. The summed E-state index contributed by atoms with van der Waals surface area (Å²) in [6.07, 6.45) is -4.02. The van der Waals surface area contributed by atoms with E-state index in [9.17, 15) is 31.7 Å². The van der Waals surface area contributed by atoms with Crippen molar-refractivity contribution in [3.63, 3.8) is 0 Å². The highest BCUT2D eigenvalue weighted by molar-refractivity contribution is 7.91. The van der Waals surface area contributed by atoms with Crippen LogP contribution in [-0.2, 0) is 34.9 Å². The van der Waals surface area contributed by atoms with Gasteiger partial charge < -0.3 is 4.90 Å². The van der Waals surface area contributed by atoms with Crippen molar-refractivity contribution < 1.29 is 26.5 Å². The van der Waals surface area contributed by atoms with Crippen LogP contribution >= 0.6 is 0 Å². The molecule has 1 aliphatic heterocycles. The van der Waals surface area contributed by atoms with E-state index in [1.807, 2.05) is 29.2 Å². The van der Waals surface area contributed by atoms with Crippen molar-refractivity contribution in [2.24, 2.45) is 0 Å². The number of anilines is 2. The maximum atomic E-state index is 13.4. The molecule has 4 rings (SSSR count). The van der Waals surface area contributed by atoms with Crippen molar-refractivity contribution in [3.05, 3.63) is 99.1 Å². The van der Waals surface area contributed by atoms with E-state index >= 15 is 0 Å². The molecule has 0 saturated carbocycles. The highest BCUT2D eigenvalue weighted by Crippen LogP contribution is 2.38. The van der Waals surface area contributed by atoms with E-state index in [4.69, 9.17) is 0 Å². The van der Waals surface area contributed by atoms with E-state index in [2.05, 4.69) is 4.72 Å². The summed E-state index contributed by atoms with van der Waals surface area (Å²) in [6.45, 7) is 0.891. The van der Waals surface area contributed by atoms with Gasteiger partial charge in [0.1, 0.15) is 5.75 Å². The van der Waals surface area contributed by atoms with Gasteiger partial charge in [-0.25, -0.2) is 8.42 Å². The zero-order valence-corrected chi connectivity index (χ0v) is 18.6. The molecule has 0 saturated heterocycles. The number of nitrogens with zero attached hydrogens (tertiary/aromatic N) is 2. The minimum Gasteiger partial charge on any atom is -0.365 e. The number of rotatable bonds is 6. The molecule has 7 nitrogen and oxygen atoms in total. The average Bonchev–Trinajstić information content (AvgIpc) is 2.77. The number of nitrogens with one attached hydrogen (secondary N) is 1. The maximum Gasteiger partial charge on any atom is 0.416 e. The van der Waals surface area contributed by atoms with Crippen LogP contribution in [0.1, 0.15) is 22.3 Å². The standard InChI is InChI=1S/C23H20F3N3O4S/c24-23(25,26)19-9-10-22(28-12-11-16-5-1-2-6-17(16)14-28)20(13-19)27-34(32,33)15-18-7-3-4-8-21(18)29(30)31/h1-10,13,27H,11-12,14-15H2. The number of para-hydroxylation sites is 1. The Morgan fingerprint density at radius 3 is 2.38 bits per heavy atom. The summed E-state index contributed by atoms with van der Waals surface area (Å²) in [4.78, 5) is 12.3. The van der Waals surface area contributed by atoms with Crippen LogP contribution in [0.2, 0.25) is 0 Å². The molecule has 3 aromatic rings.